The molecule has 0 aliphatic rings. The third-order valence-corrected chi connectivity index (χ3v) is 2.76. The third kappa shape index (κ3) is 1.93. The molecule has 0 amide bonds. The molecule has 0 atom stereocenters. The fourth-order valence-corrected chi connectivity index (χ4v) is 1.92. The standard InChI is InChI=1S/C12H6BrFN2O/c13-11-5-7(3-4-15-11)12-16-9-2-1-8(14)6-10(9)17-12/h1-6H. The molecule has 17 heavy (non-hydrogen) atoms. The van der Waals surface area contributed by atoms with Gasteiger partial charge in [0.05, 0.1) is 0 Å². The fraction of sp³-hybridized carbons (Fsp3) is 0. The Morgan fingerprint density at radius 1 is 1.18 bits per heavy atom. The molecule has 2 aromatic heterocycles. The van der Waals surface area contributed by atoms with Crippen molar-refractivity contribution < 1.29 is 8.81 Å². The van der Waals surface area contributed by atoms with Crippen LogP contribution in [0, 0.1) is 5.82 Å². The molecule has 0 aliphatic carbocycles. The molecule has 5 heteroatoms. The average molecular weight is 293 g/mol. The maximum atomic E-state index is 13.0. The number of hydrogen-bond donors (Lipinski definition) is 0. The van der Waals surface area contributed by atoms with E-state index in [1.807, 2.05) is 0 Å². The number of oxazole rings is 1. The molecular weight excluding hydrogens is 287 g/mol. The molecule has 0 saturated heterocycles. The molecule has 0 saturated carbocycles. The summed E-state index contributed by atoms with van der Waals surface area (Å²) in [7, 11) is 0. The van der Waals surface area contributed by atoms with E-state index in [1.54, 1.807) is 24.4 Å². The maximum absolute atomic E-state index is 13.0. The average Bonchev–Trinajstić information content (AvgIpc) is 2.72. The Labute approximate surface area is 104 Å². The molecule has 0 N–H and O–H groups in total. The van der Waals surface area contributed by atoms with Crippen molar-refractivity contribution in [2.75, 3.05) is 0 Å². The van der Waals surface area contributed by atoms with Crippen LogP contribution in [0.4, 0.5) is 4.39 Å². The normalized spacial score (nSPS) is 10.9. The van der Waals surface area contributed by atoms with Gasteiger partial charge in [-0.3, -0.25) is 0 Å². The van der Waals surface area contributed by atoms with E-state index in [4.69, 9.17) is 4.42 Å². The van der Waals surface area contributed by atoms with Gasteiger partial charge in [0.2, 0.25) is 5.89 Å². The highest BCUT2D eigenvalue weighted by molar-refractivity contribution is 9.10. The minimum Gasteiger partial charge on any atom is -0.436 e. The number of aromatic nitrogens is 2. The molecule has 3 aromatic rings. The van der Waals surface area contributed by atoms with E-state index in [0.717, 1.165) is 5.56 Å². The van der Waals surface area contributed by atoms with Crippen LogP contribution >= 0.6 is 15.9 Å². The zero-order chi connectivity index (χ0) is 11.8. The van der Waals surface area contributed by atoms with E-state index < -0.39 is 0 Å². The Balaban J connectivity index is 2.18. The van der Waals surface area contributed by atoms with E-state index in [2.05, 4.69) is 25.9 Å². The highest BCUT2D eigenvalue weighted by Crippen LogP contribution is 2.25. The molecule has 0 radical (unpaired) electrons. The zero-order valence-electron chi connectivity index (χ0n) is 8.52. The minimum absolute atomic E-state index is 0.337. The number of pyridine rings is 1. The van der Waals surface area contributed by atoms with Gasteiger partial charge in [-0.05, 0) is 40.2 Å². The molecule has 0 bridgehead atoms. The Bertz CT molecular complexity index is 696. The van der Waals surface area contributed by atoms with Gasteiger partial charge in [-0.1, -0.05) is 0 Å². The van der Waals surface area contributed by atoms with Crippen molar-refractivity contribution in [3.05, 3.63) is 46.9 Å². The quantitative estimate of drug-likeness (QED) is 0.641. The summed E-state index contributed by atoms with van der Waals surface area (Å²) in [6, 6.07) is 7.85. The number of hydrogen-bond acceptors (Lipinski definition) is 3. The van der Waals surface area contributed by atoms with Gasteiger partial charge >= 0.3 is 0 Å². The van der Waals surface area contributed by atoms with Crippen molar-refractivity contribution in [3.8, 4) is 11.5 Å². The number of nitrogens with zero attached hydrogens (tertiary/aromatic N) is 2. The van der Waals surface area contributed by atoms with E-state index in [9.17, 15) is 4.39 Å². The molecule has 0 aliphatic heterocycles. The van der Waals surface area contributed by atoms with Crippen LogP contribution in [0.25, 0.3) is 22.6 Å². The van der Waals surface area contributed by atoms with Crippen LogP contribution in [0.5, 0.6) is 0 Å². The fourth-order valence-electron chi connectivity index (χ4n) is 1.56. The first-order chi connectivity index (χ1) is 8.22. The molecule has 3 nitrogen and oxygen atoms in total. The number of benzene rings is 1. The van der Waals surface area contributed by atoms with Crippen LogP contribution in [0.15, 0.2) is 45.5 Å². The van der Waals surface area contributed by atoms with Gasteiger partial charge in [0, 0.05) is 17.8 Å². The van der Waals surface area contributed by atoms with Crippen molar-refractivity contribution in [2.45, 2.75) is 0 Å². The second kappa shape index (κ2) is 3.92. The molecule has 1 aromatic carbocycles. The summed E-state index contributed by atoms with van der Waals surface area (Å²) in [5, 5.41) is 0. The summed E-state index contributed by atoms with van der Waals surface area (Å²) < 4.78 is 19.2. The summed E-state index contributed by atoms with van der Waals surface area (Å²) >= 11 is 3.27. The molecule has 0 spiro atoms. The predicted molar refractivity (Wildman–Crippen MR) is 64.9 cm³/mol. The molecule has 2 heterocycles. The van der Waals surface area contributed by atoms with Gasteiger partial charge in [-0.15, -0.1) is 0 Å². The lowest BCUT2D eigenvalue weighted by molar-refractivity contribution is 0.602. The van der Waals surface area contributed by atoms with E-state index in [0.29, 0.717) is 21.6 Å². The topological polar surface area (TPSA) is 38.9 Å². The first-order valence-corrected chi connectivity index (χ1v) is 5.70. The van der Waals surface area contributed by atoms with Gasteiger partial charge in [-0.2, -0.15) is 0 Å². The van der Waals surface area contributed by atoms with Crippen molar-refractivity contribution in [1.82, 2.24) is 9.97 Å². The van der Waals surface area contributed by atoms with Gasteiger partial charge in [0.25, 0.3) is 0 Å². The first kappa shape index (κ1) is 10.4. The molecule has 3 rings (SSSR count). The van der Waals surface area contributed by atoms with E-state index >= 15 is 0 Å². The van der Waals surface area contributed by atoms with Crippen molar-refractivity contribution >= 4 is 27.0 Å². The van der Waals surface area contributed by atoms with Crippen LogP contribution in [-0.4, -0.2) is 9.97 Å². The molecule has 84 valence electrons. The SMILES string of the molecule is Fc1ccc2nc(-c3ccnc(Br)c3)oc2c1. The molecular formula is C12H6BrFN2O. The lowest BCUT2D eigenvalue weighted by atomic mass is 10.3. The number of fused-ring (bicyclic) bond motifs is 1. The van der Waals surface area contributed by atoms with Crippen LogP contribution in [0.1, 0.15) is 0 Å². The first-order valence-electron chi connectivity index (χ1n) is 4.90. The van der Waals surface area contributed by atoms with Gasteiger partial charge in [-0.25, -0.2) is 14.4 Å². The summed E-state index contributed by atoms with van der Waals surface area (Å²) in [4.78, 5) is 8.30. The summed E-state index contributed by atoms with van der Waals surface area (Å²) in [6.07, 6.45) is 1.65. The Morgan fingerprint density at radius 2 is 2.06 bits per heavy atom. The van der Waals surface area contributed by atoms with Crippen LogP contribution in [0.3, 0.4) is 0 Å². The second-order valence-electron chi connectivity index (χ2n) is 3.50. The Kier molecular flexibility index (Phi) is 2.40. The Hall–Kier alpha value is -1.75. The van der Waals surface area contributed by atoms with Gasteiger partial charge in [0.15, 0.2) is 5.58 Å². The van der Waals surface area contributed by atoms with Crippen LogP contribution < -0.4 is 0 Å². The van der Waals surface area contributed by atoms with Gasteiger partial charge in [0.1, 0.15) is 15.9 Å². The largest absolute Gasteiger partial charge is 0.436 e. The van der Waals surface area contributed by atoms with Crippen LogP contribution in [0.2, 0.25) is 0 Å². The molecule has 0 fully saturated rings. The highest BCUT2D eigenvalue weighted by atomic mass is 79.9. The van der Waals surface area contributed by atoms with Crippen molar-refractivity contribution in [3.63, 3.8) is 0 Å². The minimum atomic E-state index is -0.337. The zero-order valence-corrected chi connectivity index (χ0v) is 10.1. The molecule has 0 unspecified atom stereocenters. The maximum Gasteiger partial charge on any atom is 0.227 e. The third-order valence-electron chi connectivity index (χ3n) is 2.32. The highest BCUT2D eigenvalue weighted by Gasteiger charge is 2.09. The lowest BCUT2D eigenvalue weighted by Crippen LogP contribution is -1.79. The monoisotopic (exact) mass is 292 g/mol. The predicted octanol–water partition coefficient (Wildman–Crippen LogP) is 3.79. The van der Waals surface area contributed by atoms with Gasteiger partial charge < -0.3 is 4.42 Å². The van der Waals surface area contributed by atoms with E-state index in [-0.39, 0.29) is 5.82 Å². The second-order valence-corrected chi connectivity index (χ2v) is 4.31. The smallest absolute Gasteiger partial charge is 0.227 e. The van der Waals surface area contributed by atoms with Crippen LogP contribution in [-0.2, 0) is 0 Å². The summed E-state index contributed by atoms with van der Waals surface area (Å²) in [5.74, 6) is 0.116. The van der Waals surface area contributed by atoms with Crippen molar-refractivity contribution in [2.24, 2.45) is 0 Å². The number of rotatable bonds is 1. The summed E-state index contributed by atoms with van der Waals surface area (Å²) in [5.41, 5.74) is 1.87. The lowest BCUT2D eigenvalue weighted by Gasteiger charge is -1.94. The van der Waals surface area contributed by atoms with Crippen molar-refractivity contribution in [1.29, 1.82) is 0 Å². The summed E-state index contributed by atoms with van der Waals surface area (Å²) in [6.45, 7) is 0. The van der Waals surface area contributed by atoms with E-state index in [1.165, 1.54) is 12.1 Å². The Morgan fingerprint density at radius 3 is 2.88 bits per heavy atom. The number of halogens is 2.